The van der Waals surface area contributed by atoms with E-state index in [1.54, 1.807) is 0 Å². The molecule has 0 radical (unpaired) electrons. The van der Waals surface area contributed by atoms with E-state index in [0.29, 0.717) is 16.0 Å². The van der Waals surface area contributed by atoms with Gasteiger partial charge in [0.05, 0.1) is 10.0 Å². The molecule has 0 aromatic heterocycles. The Bertz CT molecular complexity index is 584. The van der Waals surface area contributed by atoms with Gasteiger partial charge in [0.15, 0.2) is 0 Å². The summed E-state index contributed by atoms with van der Waals surface area (Å²) in [7, 11) is 0. The lowest BCUT2D eigenvalue weighted by atomic mass is 9.91. The maximum Gasteiger partial charge on any atom is 0.0595 e. The third kappa shape index (κ3) is 2.51. The highest BCUT2D eigenvalue weighted by atomic mass is 35.5. The first-order valence-corrected chi connectivity index (χ1v) is 7.18. The minimum Gasteiger partial charge on any atom is -0.324 e. The molecule has 0 saturated heterocycles. The molecule has 2 aromatic rings. The van der Waals surface area contributed by atoms with Crippen molar-refractivity contribution in [2.45, 2.75) is 18.9 Å². The number of fused-ring (bicyclic) bond motifs is 1. The van der Waals surface area contributed by atoms with Crippen LogP contribution in [-0.2, 0) is 12.8 Å². The second-order valence-electron chi connectivity index (χ2n) is 5.14. The first kappa shape index (κ1) is 13.0. The Morgan fingerprint density at radius 2 is 1.58 bits per heavy atom. The van der Waals surface area contributed by atoms with E-state index in [1.165, 1.54) is 11.1 Å². The summed E-state index contributed by atoms with van der Waals surface area (Å²) >= 11 is 12.0. The Morgan fingerprint density at radius 3 is 2.16 bits per heavy atom. The molecule has 0 spiro atoms. The average molecular weight is 292 g/mol. The third-order valence-electron chi connectivity index (χ3n) is 3.92. The van der Waals surface area contributed by atoms with E-state index in [1.807, 2.05) is 18.2 Å². The van der Waals surface area contributed by atoms with Crippen molar-refractivity contribution in [2.75, 3.05) is 0 Å². The van der Waals surface area contributed by atoms with Crippen LogP contribution in [0.3, 0.4) is 0 Å². The molecule has 0 aliphatic heterocycles. The van der Waals surface area contributed by atoms with E-state index in [-0.39, 0.29) is 6.04 Å². The van der Waals surface area contributed by atoms with E-state index in [4.69, 9.17) is 28.9 Å². The van der Waals surface area contributed by atoms with Gasteiger partial charge in [0.25, 0.3) is 0 Å². The second kappa shape index (κ2) is 5.16. The van der Waals surface area contributed by atoms with Crippen molar-refractivity contribution in [3.63, 3.8) is 0 Å². The summed E-state index contributed by atoms with van der Waals surface area (Å²) < 4.78 is 0. The molecule has 98 valence electrons. The number of benzene rings is 2. The van der Waals surface area contributed by atoms with Crippen LogP contribution in [0.5, 0.6) is 0 Å². The first-order valence-electron chi connectivity index (χ1n) is 6.42. The standard InChI is InChI=1S/C16H15Cl2N/c17-14-6-5-12(9-15(14)18)16(19)13-7-10-3-1-2-4-11(10)8-13/h1-6,9,13,16H,7-8,19H2. The molecule has 1 atom stereocenters. The maximum absolute atomic E-state index is 6.40. The van der Waals surface area contributed by atoms with Gasteiger partial charge >= 0.3 is 0 Å². The molecular formula is C16H15Cl2N. The molecule has 0 amide bonds. The van der Waals surface area contributed by atoms with Crippen molar-refractivity contribution in [2.24, 2.45) is 11.7 Å². The highest BCUT2D eigenvalue weighted by molar-refractivity contribution is 6.42. The van der Waals surface area contributed by atoms with E-state index in [9.17, 15) is 0 Å². The summed E-state index contributed by atoms with van der Waals surface area (Å²) in [5, 5.41) is 1.15. The average Bonchev–Trinajstić information content (AvgIpc) is 2.85. The van der Waals surface area contributed by atoms with Crippen molar-refractivity contribution in [3.8, 4) is 0 Å². The van der Waals surface area contributed by atoms with E-state index < -0.39 is 0 Å². The predicted octanol–water partition coefficient (Wildman–Crippen LogP) is 4.41. The van der Waals surface area contributed by atoms with Crippen LogP contribution < -0.4 is 5.73 Å². The molecule has 2 aromatic carbocycles. The first-order chi connectivity index (χ1) is 9.15. The molecule has 1 nitrogen and oxygen atoms in total. The largest absolute Gasteiger partial charge is 0.324 e. The van der Waals surface area contributed by atoms with Gasteiger partial charge in [0, 0.05) is 6.04 Å². The van der Waals surface area contributed by atoms with Gasteiger partial charge in [0.2, 0.25) is 0 Å². The van der Waals surface area contributed by atoms with Gasteiger partial charge in [-0.1, -0.05) is 53.5 Å². The SMILES string of the molecule is NC(c1ccc(Cl)c(Cl)c1)C1Cc2ccccc2C1. The summed E-state index contributed by atoms with van der Waals surface area (Å²) in [6, 6.07) is 14.2. The van der Waals surface area contributed by atoms with Crippen LogP contribution in [-0.4, -0.2) is 0 Å². The van der Waals surface area contributed by atoms with Gasteiger partial charge in [-0.2, -0.15) is 0 Å². The van der Waals surface area contributed by atoms with Crippen LogP contribution >= 0.6 is 23.2 Å². The molecule has 0 heterocycles. The van der Waals surface area contributed by atoms with Gasteiger partial charge in [-0.05, 0) is 47.6 Å². The minimum atomic E-state index is 0.00201. The molecule has 19 heavy (non-hydrogen) atoms. The number of hydrogen-bond donors (Lipinski definition) is 1. The van der Waals surface area contributed by atoms with Crippen LogP contribution in [0.25, 0.3) is 0 Å². The molecule has 2 N–H and O–H groups in total. The Hall–Kier alpha value is -1.02. The van der Waals surface area contributed by atoms with Gasteiger partial charge in [-0.3, -0.25) is 0 Å². The zero-order valence-corrected chi connectivity index (χ0v) is 12.0. The highest BCUT2D eigenvalue weighted by Crippen LogP contribution is 2.35. The van der Waals surface area contributed by atoms with Crippen LogP contribution in [0, 0.1) is 5.92 Å². The summed E-state index contributed by atoms with van der Waals surface area (Å²) in [4.78, 5) is 0. The Labute approximate surface area is 123 Å². The Balaban J connectivity index is 1.82. The summed E-state index contributed by atoms with van der Waals surface area (Å²) in [6.07, 6.45) is 2.08. The van der Waals surface area contributed by atoms with E-state index in [0.717, 1.165) is 18.4 Å². The number of hydrogen-bond acceptors (Lipinski definition) is 1. The number of halogens is 2. The monoisotopic (exact) mass is 291 g/mol. The highest BCUT2D eigenvalue weighted by Gasteiger charge is 2.27. The maximum atomic E-state index is 6.40. The fourth-order valence-electron chi connectivity index (χ4n) is 2.84. The lowest BCUT2D eigenvalue weighted by Gasteiger charge is -2.19. The predicted molar refractivity (Wildman–Crippen MR) is 80.7 cm³/mol. The smallest absolute Gasteiger partial charge is 0.0595 e. The number of rotatable bonds is 2. The third-order valence-corrected chi connectivity index (χ3v) is 4.66. The van der Waals surface area contributed by atoms with Gasteiger partial charge in [-0.25, -0.2) is 0 Å². The topological polar surface area (TPSA) is 26.0 Å². The van der Waals surface area contributed by atoms with Crippen molar-refractivity contribution in [1.82, 2.24) is 0 Å². The normalized spacial score (nSPS) is 16.4. The fourth-order valence-corrected chi connectivity index (χ4v) is 3.15. The Morgan fingerprint density at radius 1 is 0.947 bits per heavy atom. The van der Waals surface area contributed by atoms with Crippen LogP contribution in [0.2, 0.25) is 10.0 Å². The second-order valence-corrected chi connectivity index (χ2v) is 5.95. The van der Waals surface area contributed by atoms with Crippen LogP contribution in [0.15, 0.2) is 42.5 Å². The molecular weight excluding hydrogens is 277 g/mol. The molecule has 3 heteroatoms. The molecule has 0 saturated carbocycles. The molecule has 1 unspecified atom stereocenters. The van der Waals surface area contributed by atoms with Gasteiger partial charge in [-0.15, -0.1) is 0 Å². The van der Waals surface area contributed by atoms with Crippen molar-refractivity contribution in [1.29, 1.82) is 0 Å². The molecule has 1 aliphatic carbocycles. The molecule has 3 rings (SSSR count). The molecule has 1 aliphatic rings. The van der Waals surface area contributed by atoms with E-state index >= 15 is 0 Å². The quantitative estimate of drug-likeness (QED) is 0.871. The van der Waals surface area contributed by atoms with E-state index in [2.05, 4.69) is 24.3 Å². The minimum absolute atomic E-state index is 0.00201. The molecule has 0 bridgehead atoms. The van der Waals surface area contributed by atoms with Crippen molar-refractivity contribution in [3.05, 3.63) is 69.2 Å². The Kier molecular flexibility index (Phi) is 3.53. The summed E-state index contributed by atoms with van der Waals surface area (Å²) in [6.45, 7) is 0. The van der Waals surface area contributed by atoms with Gasteiger partial charge in [0.1, 0.15) is 0 Å². The lowest BCUT2D eigenvalue weighted by molar-refractivity contribution is 0.454. The van der Waals surface area contributed by atoms with Crippen molar-refractivity contribution >= 4 is 23.2 Å². The van der Waals surface area contributed by atoms with Crippen LogP contribution in [0.4, 0.5) is 0 Å². The van der Waals surface area contributed by atoms with Gasteiger partial charge < -0.3 is 5.73 Å². The fraction of sp³-hybridized carbons (Fsp3) is 0.250. The van der Waals surface area contributed by atoms with Crippen molar-refractivity contribution < 1.29 is 0 Å². The zero-order chi connectivity index (χ0) is 13.4. The summed E-state index contributed by atoms with van der Waals surface area (Å²) in [5.74, 6) is 0.439. The summed E-state index contributed by atoms with van der Waals surface area (Å²) in [5.41, 5.74) is 10.3. The zero-order valence-electron chi connectivity index (χ0n) is 10.4. The van der Waals surface area contributed by atoms with Crippen LogP contribution in [0.1, 0.15) is 22.7 Å². The molecule has 0 fully saturated rings. The lowest BCUT2D eigenvalue weighted by Crippen LogP contribution is -2.21. The number of nitrogens with two attached hydrogens (primary N) is 1.